The average Bonchev–Trinajstić information content (AvgIpc) is 3.37. The fraction of sp³-hybridized carbons (Fsp3) is 0.0820. The van der Waals surface area contributed by atoms with E-state index < -0.39 is 0 Å². The van der Waals surface area contributed by atoms with Crippen LogP contribution in [0.4, 0.5) is 34.1 Å². The summed E-state index contributed by atoms with van der Waals surface area (Å²) in [5.74, 6) is 0.592. The zero-order valence-corrected chi connectivity index (χ0v) is 35.7. The van der Waals surface area contributed by atoms with Gasteiger partial charge in [-0.15, -0.1) is 0 Å². The van der Waals surface area contributed by atoms with Crippen LogP contribution in [0.1, 0.15) is 37.3 Å². The molecule has 2 aliphatic carbocycles. The minimum Gasteiger partial charge on any atom is -0.311 e. The molecule has 2 nitrogen and oxygen atoms in total. The summed E-state index contributed by atoms with van der Waals surface area (Å²) in [7, 11) is 0. The van der Waals surface area contributed by atoms with Crippen LogP contribution in [0.15, 0.2) is 243 Å². The Kier molecular flexibility index (Phi) is 11.3. The number of benzene rings is 8. The van der Waals surface area contributed by atoms with Crippen molar-refractivity contribution >= 4 is 45.3 Å². The van der Waals surface area contributed by atoms with Crippen molar-refractivity contribution in [1.29, 1.82) is 0 Å². The number of rotatable bonds is 11. The maximum atomic E-state index is 2.37. The number of nitrogens with zero attached hydrogens (tertiary/aromatic N) is 2. The van der Waals surface area contributed by atoms with Gasteiger partial charge in [-0.05, 0) is 154 Å². The summed E-state index contributed by atoms with van der Waals surface area (Å²) in [5, 5.41) is 0. The van der Waals surface area contributed by atoms with Crippen molar-refractivity contribution in [2.45, 2.75) is 26.2 Å². The highest BCUT2D eigenvalue weighted by molar-refractivity contribution is 5.84. The molecule has 0 aliphatic heterocycles. The van der Waals surface area contributed by atoms with E-state index >= 15 is 0 Å². The van der Waals surface area contributed by atoms with E-state index in [0.717, 1.165) is 53.4 Å². The minimum absolute atomic E-state index is 0.592. The first-order valence-corrected chi connectivity index (χ1v) is 22.2. The van der Waals surface area contributed by atoms with Gasteiger partial charge in [0.1, 0.15) is 0 Å². The van der Waals surface area contributed by atoms with Gasteiger partial charge >= 0.3 is 0 Å². The van der Waals surface area contributed by atoms with Gasteiger partial charge in [0.2, 0.25) is 0 Å². The Hall–Kier alpha value is -7.68. The molecule has 0 saturated carbocycles. The van der Waals surface area contributed by atoms with Gasteiger partial charge in [0.05, 0.1) is 0 Å². The van der Waals surface area contributed by atoms with E-state index in [1.807, 2.05) is 0 Å². The third-order valence-electron chi connectivity index (χ3n) is 12.3. The molecule has 0 bridgehead atoms. The molecular formula is C61H50N2. The van der Waals surface area contributed by atoms with Gasteiger partial charge in [-0.3, -0.25) is 0 Å². The lowest BCUT2D eigenvalue weighted by atomic mass is 9.94. The average molecular weight is 811 g/mol. The third kappa shape index (κ3) is 8.76. The summed E-state index contributed by atoms with van der Waals surface area (Å²) in [6.07, 6.45) is 16.9. The lowest BCUT2D eigenvalue weighted by molar-refractivity contribution is 0.739. The topological polar surface area (TPSA) is 6.48 Å². The van der Waals surface area contributed by atoms with Gasteiger partial charge in [0.15, 0.2) is 0 Å². The lowest BCUT2D eigenvalue weighted by Gasteiger charge is -2.27. The first-order chi connectivity index (χ1) is 31.1. The second kappa shape index (κ2) is 18.1. The molecule has 0 radical (unpaired) electrons. The molecular weight excluding hydrogens is 761 g/mol. The SMILES string of the molecule is CC1C=CC(c2ccc(N(c3ccc(C4=CC=CCC4)cc3)c3ccc(-c4ccc(N(c5ccc(-c6ccccc6)cc5)c5ccc(-c6ccccc6)cc5)cc4)cc3)cc2)=CC1. The zero-order valence-electron chi connectivity index (χ0n) is 35.7. The molecule has 0 spiro atoms. The minimum atomic E-state index is 0.592. The third-order valence-corrected chi connectivity index (χ3v) is 12.3. The molecule has 63 heavy (non-hydrogen) atoms. The van der Waals surface area contributed by atoms with Crippen LogP contribution in [0.25, 0.3) is 44.5 Å². The lowest BCUT2D eigenvalue weighted by Crippen LogP contribution is -2.10. The van der Waals surface area contributed by atoms with E-state index in [-0.39, 0.29) is 0 Å². The summed E-state index contributed by atoms with van der Waals surface area (Å²) in [6, 6.07) is 75.0. The molecule has 0 fully saturated rings. The van der Waals surface area contributed by atoms with Crippen LogP contribution in [0.3, 0.4) is 0 Å². The maximum absolute atomic E-state index is 2.37. The van der Waals surface area contributed by atoms with Crippen LogP contribution >= 0.6 is 0 Å². The molecule has 10 rings (SSSR count). The highest BCUT2D eigenvalue weighted by Gasteiger charge is 2.17. The van der Waals surface area contributed by atoms with Crippen molar-refractivity contribution in [2.75, 3.05) is 9.80 Å². The number of anilines is 6. The highest BCUT2D eigenvalue weighted by atomic mass is 15.1. The summed E-state index contributed by atoms with van der Waals surface area (Å²) in [5.41, 5.74) is 19.1. The summed E-state index contributed by atoms with van der Waals surface area (Å²) < 4.78 is 0. The van der Waals surface area contributed by atoms with E-state index in [9.17, 15) is 0 Å². The first-order valence-electron chi connectivity index (χ1n) is 22.2. The van der Waals surface area contributed by atoms with Gasteiger partial charge in [0, 0.05) is 34.1 Å². The molecule has 0 saturated heterocycles. The standard InChI is InChI=1S/C61H50N2/c1-45-17-19-49(20-18-45)53-27-39-59(40-28-53)63(58-37-25-52(26-38-58)48-15-9-4-10-16-48)61-43-31-55(32-44-61)54-29-41-60(42-30-54)62(56-33-21-50(22-34-56)46-11-5-2-6-12-46)57-35-23-51(24-36-57)47-13-7-3-8-14-47/h2-9,11-15,17,19-45H,10,16,18H2,1H3. The zero-order chi connectivity index (χ0) is 42.4. The van der Waals surface area contributed by atoms with Crippen LogP contribution in [0, 0.1) is 5.92 Å². The van der Waals surface area contributed by atoms with Crippen molar-refractivity contribution in [3.8, 4) is 33.4 Å². The van der Waals surface area contributed by atoms with E-state index in [1.54, 1.807) is 0 Å². The number of hydrogen-bond donors (Lipinski definition) is 0. The van der Waals surface area contributed by atoms with Crippen LogP contribution in [0.2, 0.25) is 0 Å². The predicted octanol–water partition coefficient (Wildman–Crippen LogP) is 17.3. The quantitative estimate of drug-likeness (QED) is 0.128. The number of allylic oxidation sites excluding steroid dienone is 8. The molecule has 0 heterocycles. The van der Waals surface area contributed by atoms with E-state index in [0.29, 0.717) is 5.92 Å². The molecule has 0 amide bonds. The smallest absolute Gasteiger partial charge is 0.0462 e. The first kappa shape index (κ1) is 39.5. The van der Waals surface area contributed by atoms with Crippen molar-refractivity contribution in [3.05, 3.63) is 254 Å². The molecule has 8 aromatic rings. The fourth-order valence-electron chi connectivity index (χ4n) is 8.78. The van der Waals surface area contributed by atoms with Gasteiger partial charge < -0.3 is 9.80 Å². The molecule has 2 aliphatic rings. The largest absolute Gasteiger partial charge is 0.311 e. The Bertz CT molecular complexity index is 2820. The maximum Gasteiger partial charge on any atom is 0.0462 e. The van der Waals surface area contributed by atoms with E-state index in [1.165, 1.54) is 55.7 Å². The van der Waals surface area contributed by atoms with Gasteiger partial charge in [0.25, 0.3) is 0 Å². The molecule has 0 N–H and O–H groups in total. The molecule has 1 unspecified atom stereocenters. The molecule has 1 atom stereocenters. The Labute approximate surface area is 372 Å². The Morgan fingerprint density at radius 3 is 1.06 bits per heavy atom. The number of hydrogen-bond acceptors (Lipinski definition) is 2. The van der Waals surface area contributed by atoms with Crippen LogP contribution < -0.4 is 9.80 Å². The van der Waals surface area contributed by atoms with Crippen LogP contribution in [-0.4, -0.2) is 0 Å². The van der Waals surface area contributed by atoms with Crippen LogP contribution in [-0.2, 0) is 0 Å². The Morgan fingerprint density at radius 2 is 0.730 bits per heavy atom. The van der Waals surface area contributed by atoms with E-state index in [4.69, 9.17) is 0 Å². The van der Waals surface area contributed by atoms with Crippen molar-refractivity contribution < 1.29 is 0 Å². The fourth-order valence-corrected chi connectivity index (χ4v) is 8.78. The Morgan fingerprint density at radius 1 is 0.381 bits per heavy atom. The summed E-state index contributed by atoms with van der Waals surface area (Å²) in [4.78, 5) is 4.71. The van der Waals surface area contributed by atoms with Gasteiger partial charge in [-0.1, -0.05) is 177 Å². The van der Waals surface area contributed by atoms with Crippen molar-refractivity contribution in [3.63, 3.8) is 0 Å². The summed E-state index contributed by atoms with van der Waals surface area (Å²) in [6.45, 7) is 2.27. The molecule has 8 aromatic carbocycles. The second-order valence-electron chi connectivity index (χ2n) is 16.6. The second-order valence-corrected chi connectivity index (χ2v) is 16.6. The molecule has 304 valence electrons. The molecule has 2 heteroatoms. The van der Waals surface area contributed by atoms with Crippen LogP contribution in [0.5, 0.6) is 0 Å². The van der Waals surface area contributed by atoms with Crippen molar-refractivity contribution in [1.82, 2.24) is 0 Å². The van der Waals surface area contributed by atoms with Gasteiger partial charge in [-0.2, -0.15) is 0 Å². The monoisotopic (exact) mass is 810 g/mol. The summed E-state index contributed by atoms with van der Waals surface area (Å²) >= 11 is 0. The predicted molar refractivity (Wildman–Crippen MR) is 269 cm³/mol. The van der Waals surface area contributed by atoms with Gasteiger partial charge in [-0.25, -0.2) is 0 Å². The van der Waals surface area contributed by atoms with Crippen molar-refractivity contribution in [2.24, 2.45) is 5.92 Å². The normalized spacial score (nSPS) is 14.5. The molecule has 0 aromatic heterocycles. The highest BCUT2D eigenvalue weighted by Crippen LogP contribution is 2.40. The van der Waals surface area contributed by atoms with E-state index in [2.05, 4.69) is 259 Å². The Balaban J connectivity index is 0.952.